The zero-order valence-corrected chi connectivity index (χ0v) is 21.2. The number of nitrogens with zero attached hydrogens (tertiary/aromatic N) is 1. The molecule has 1 atom stereocenters. The number of esters is 1. The van der Waals surface area contributed by atoms with E-state index in [2.05, 4.69) is 0 Å². The van der Waals surface area contributed by atoms with Crippen LogP contribution in [-0.4, -0.2) is 52.7 Å². The van der Waals surface area contributed by atoms with Gasteiger partial charge in [0, 0.05) is 22.1 Å². The molecule has 1 unspecified atom stereocenters. The minimum Gasteiger partial charge on any atom is -0.497 e. The molecule has 4 rings (SSSR count). The summed E-state index contributed by atoms with van der Waals surface area (Å²) < 4.78 is 11.5. The SMILES string of the molecule is COC(=O)C1=C(c2c(C(C)(N)C(=O)c3ccc(OC)cc3)n(CC(=O)O)c3cc(C(=O)O)ccc23)CCC1. The minimum absolute atomic E-state index is 0.0615. The van der Waals surface area contributed by atoms with Crippen molar-refractivity contribution >= 4 is 40.2 Å². The largest absolute Gasteiger partial charge is 0.497 e. The number of hydrogen-bond donors (Lipinski definition) is 3. The van der Waals surface area contributed by atoms with Crippen molar-refractivity contribution in [2.45, 2.75) is 38.3 Å². The van der Waals surface area contributed by atoms with Gasteiger partial charge in [0.05, 0.1) is 31.0 Å². The van der Waals surface area contributed by atoms with Crippen LogP contribution < -0.4 is 10.5 Å². The standard InChI is InChI=1S/C28H28N2O8/c1-28(29,25(33)15-7-10-17(37-2)11-8-15)24-23(18-5-4-6-19(18)27(36)38-3)20-12-9-16(26(34)35)13-21(20)30(24)14-22(31)32/h7-13H,4-6,14,29H2,1-3H3,(H,31,32)(H,34,35). The molecule has 0 fully saturated rings. The predicted octanol–water partition coefficient (Wildman–Crippen LogP) is 3.60. The number of aliphatic carboxylic acids is 1. The highest BCUT2D eigenvalue weighted by Gasteiger charge is 2.40. The van der Waals surface area contributed by atoms with Crippen LogP contribution in [0.1, 0.15) is 58.2 Å². The van der Waals surface area contributed by atoms with Gasteiger partial charge in [0.2, 0.25) is 0 Å². The van der Waals surface area contributed by atoms with Crippen molar-refractivity contribution < 1.29 is 38.9 Å². The first-order valence-electron chi connectivity index (χ1n) is 11.9. The van der Waals surface area contributed by atoms with Crippen molar-refractivity contribution in [1.82, 2.24) is 4.57 Å². The Morgan fingerprint density at radius 2 is 1.66 bits per heavy atom. The Morgan fingerprint density at radius 3 is 2.24 bits per heavy atom. The number of nitrogens with two attached hydrogens (primary N) is 1. The van der Waals surface area contributed by atoms with E-state index in [-0.39, 0.29) is 22.3 Å². The Labute approximate surface area is 218 Å². The quantitative estimate of drug-likeness (QED) is 0.283. The first-order chi connectivity index (χ1) is 18.0. The molecule has 10 heteroatoms. The fourth-order valence-corrected chi connectivity index (χ4v) is 5.15. The Morgan fingerprint density at radius 1 is 1.00 bits per heavy atom. The van der Waals surface area contributed by atoms with Gasteiger partial charge in [0.15, 0.2) is 5.78 Å². The summed E-state index contributed by atoms with van der Waals surface area (Å²) in [5.41, 5.74) is 7.16. The maximum absolute atomic E-state index is 13.9. The number of carbonyl (C=O) groups excluding carboxylic acids is 2. The molecule has 0 saturated heterocycles. The van der Waals surface area contributed by atoms with Crippen LogP contribution in [-0.2, 0) is 26.4 Å². The second-order valence-corrected chi connectivity index (χ2v) is 9.30. The Bertz CT molecular complexity index is 1500. The summed E-state index contributed by atoms with van der Waals surface area (Å²) in [5.74, 6) is -2.88. The van der Waals surface area contributed by atoms with Gasteiger partial charge < -0.3 is 30.0 Å². The molecule has 38 heavy (non-hydrogen) atoms. The highest BCUT2D eigenvalue weighted by Crippen LogP contribution is 2.44. The van der Waals surface area contributed by atoms with Crippen molar-refractivity contribution in [3.8, 4) is 5.75 Å². The zero-order chi connectivity index (χ0) is 27.8. The van der Waals surface area contributed by atoms with Gasteiger partial charge in [-0.1, -0.05) is 6.07 Å². The Balaban J connectivity index is 2.09. The molecule has 0 amide bonds. The molecule has 0 spiro atoms. The maximum atomic E-state index is 13.9. The van der Waals surface area contributed by atoms with E-state index in [1.165, 1.54) is 37.8 Å². The van der Waals surface area contributed by atoms with E-state index in [4.69, 9.17) is 15.2 Å². The number of carboxylic acid groups (broad SMARTS) is 2. The van der Waals surface area contributed by atoms with Gasteiger partial charge in [0.1, 0.15) is 17.8 Å². The van der Waals surface area contributed by atoms with E-state index in [1.807, 2.05) is 0 Å². The van der Waals surface area contributed by atoms with Crippen LogP contribution in [0.15, 0.2) is 48.0 Å². The van der Waals surface area contributed by atoms with E-state index < -0.39 is 35.8 Å². The fraction of sp³-hybridized carbons (Fsp3) is 0.286. The fourth-order valence-electron chi connectivity index (χ4n) is 5.15. The second kappa shape index (κ2) is 10.1. The number of aromatic carboxylic acids is 1. The third kappa shape index (κ3) is 4.54. The van der Waals surface area contributed by atoms with Crippen molar-refractivity contribution in [1.29, 1.82) is 0 Å². The van der Waals surface area contributed by atoms with E-state index in [1.54, 1.807) is 30.3 Å². The molecule has 1 aromatic heterocycles. The smallest absolute Gasteiger partial charge is 0.335 e. The topological polar surface area (TPSA) is 158 Å². The number of aromatic nitrogens is 1. The van der Waals surface area contributed by atoms with Crippen molar-refractivity contribution in [2.75, 3.05) is 14.2 Å². The third-order valence-corrected chi connectivity index (χ3v) is 6.87. The molecule has 0 radical (unpaired) electrons. The molecule has 10 nitrogen and oxygen atoms in total. The predicted molar refractivity (Wildman–Crippen MR) is 138 cm³/mol. The number of allylic oxidation sites excluding steroid dienone is 1. The number of hydrogen-bond acceptors (Lipinski definition) is 7. The van der Waals surface area contributed by atoms with E-state index >= 15 is 0 Å². The number of fused-ring (bicyclic) bond motifs is 1. The third-order valence-electron chi connectivity index (χ3n) is 6.87. The average Bonchev–Trinajstić information content (AvgIpc) is 3.50. The second-order valence-electron chi connectivity index (χ2n) is 9.30. The van der Waals surface area contributed by atoms with Gasteiger partial charge in [-0.3, -0.25) is 9.59 Å². The van der Waals surface area contributed by atoms with E-state index in [9.17, 15) is 29.4 Å². The Hall–Kier alpha value is -4.44. The lowest BCUT2D eigenvalue weighted by molar-refractivity contribution is -0.138. The van der Waals surface area contributed by atoms with Gasteiger partial charge >= 0.3 is 17.9 Å². The number of carbonyl (C=O) groups is 4. The molecule has 1 aliphatic rings. The van der Waals surface area contributed by atoms with Gasteiger partial charge in [-0.15, -0.1) is 0 Å². The van der Waals surface area contributed by atoms with Crippen LogP contribution in [0.3, 0.4) is 0 Å². The number of benzene rings is 2. The molecule has 4 N–H and O–H groups in total. The molecule has 2 aromatic carbocycles. The van der Waals surface area contributed by atoms with Crippen LogP contribution in [0.25, 0.3) is 16.5 Å². The molecule has 0 bridgehead atoms. The minimum atomic E-state index is -1.77. The molecule has 198 valence electrons. The molecule has 1 aliphatic carbocycles. The van der Waals surface area contributed by atoms with Crippen molar-refractivity contribution in [3.05, 3.63) is 70.4 Å². The number of rotatable bonds is 9. The van der Waals surface area contributed by atoms with Gasteiger partial charge in [-0.2, -0.15) is 0 Å². The van der Waals surface area contributed by atoms with Gasteiger partial charge in [-0.25, -0.2) is 9.59 Å². The number of ketones is 1. The monoisotopic (exact) mass is 520 g/mol. The van der Waals surface area contributed by atoms with Crippen molar-refractivity contribution in [2.24, 2.45) is 5.73 Å². The molecule has 1 heterocycles. The molecule has 0 saturated carbocycles. The number of methoxy groups -OCH3 is 2. The summed E-state index contributed by atoms with van der Waals surface area (Å²) >= 11 is 0. The highest BCUT2D eigenvalue weighted by atomic mass is 16.5. The summed E-state index contributed by atoms with van der Waals surface area (Å²) in [6, 6.07) is 10.7. The highest BCUT2D eigenvalue weighted by molar-refractivity contribution is 6.10. The normalized spacial score (nSPS) is 14.8. The number of carboxylic acids is 2. The van der Waals surface area contributed by atoms with Gasteiger partial charge in [0.25, 0.3) is 0 Å². The molecular formula is C28H28N2O8. The lowest BCUT2D eigenvalue weighted by atomic mass is 9.84. The van der Waals surface area contributed by atoms with Crippen LogP contribution >= 0.6 is 0 Å². The number of Topliss-reactive ketones (excluding diaryl/α,β-unsaturated/α-hetero) is 1. The molecule has 3 aromatic rings. The summed E-state index contributed by atoms with van der Waals surface area (Å²) in [6.45, 7) is 0.902. The van der Waals surface area contributed by atoms with E-state index in [0.717, 1.165) is 0 Å². The Kier molecular flexibility index (Phi) is 7.10. The number of ether oxygens (including phenoxy) is 2. The summed E-state index contributed by atoms with van der Waals surface area (Å²) in [5, 5.41) is 19.9. The lowest BCUT2D eigenvalue weighted by Gasteiger charge is -2.27. The van der Waals surface area contributed by atoms with E-state index in [0.29, 0.717) is 47.1 Å². The van der Waals surface area contributed by atoms with Gasteiger partial charge in [-0.05, 0) is 68.2 Å². The summed E-state index contributed by atoms with van der Waals surface area (Å²) in [6.07, 6.45) is 1.55. The zero-order valence-electron chi connectivity index (χ0n) is 21.2. The first-order valence-corrected chi connectivity index (χ1v) is 11.9. The van der Waals surface area contributed by atoms with Crippen LogP contribution in [0.5, 0.6) is 5.75 Å². The lowest BCUT2D eigenvalue weighted by Crippen LogP contribution is -2.44. The van der Waals surface area contributed by atoms with Crippen LogP contribution in [0.2, 0.25) is 0 Å². The van der Waals surface area contributed by atoms with Crippen LogP contribution in [0.4, 0.5) is 0 Å². The molecular weight excluding hydrogens is 492 g/mol. The summed E-state index contributed by atoms with van der Waals surface area (Å²) in [4.78, 5) is 50.3. The molecule has 0 aliphatic heterocycles. The summed E-state index contributed by atoms with van der Waals surface area (Å²) in [7, 11) is 2.78. The average molecular weight is 521 g/mol. The first kappa shape index (κ1) is 26.6. The maximum Gasteiger partial charge on any atom is 0.335 e. The van der Waals surface area contributed by atoms with Crippen LogP contribution in [0, 0.1) is 0 Å². The van der Waals surface area contributed by atoms with Crippen molar-refractivity contribution in [3.63, 3.8) is 0 Å².